The van der Waals surface area contributed by atoms with Gasteiger partial charge in [-0.1, -0.05) is 0 Å². The van der Waals surface area contributed by atoms with E-state index in [4.69, 9.17) is 4.74 Å². The van der Waals surface area contributed by atoms with Gasteiger partial charge in [-0.3, -0.25) is 4.79 Å². The van der Waals surface area contributed by atoms with Crippen LogP contribution >= 0.6 is 0 Å². The van der Waals surface area contributed by atoms with Crippen LogP contribution in [0.1, 0.15) is 23.2 Å². The highest BCUT2D eigenvalue weighted by atomic mass is 19.1. The first kappa shape index (κ1) is 14.3. The standard InChI is InChI=1S/C13H14FNO5/c14-8-1-2-9(10(16)7-8)11(17)15-13(12(18)19)3-5-20-6-4-13/h1-2,7,16H,3-6H2,(H,15,17)(H,18,19). The summed E-state index contributed by atoms with van der Waals surface area (Å²) in [5.74, 6) is -3.13. The molecule has 0 radical (unpaired) electrons. The number of carbonyl (C=O) groups is 2. The minimum Gasteiger partial charge on any atom is -0.507 e. The van der Waals surface area contributed by atoms with Gasteiger partial charge in [0.1, 0.15) is 17.1 Å². The Labute approximate surface area is 114 Å². The fourth-order valence-electron chi connectivity index (χ4n) is 2.09. The normalized spacial score (nSPS) is 17.4. The number of phenolic OH excluding ortho intramolecular Hbond substituents is 1. The summed E-state index contributed by atoms with van der Waals surface area (Å²) in [6, 6.07) is 2.92. The van der Waals surface area contributed by atoms with Crippen LogP contribution in [0, 0.1) is 5.82 Å². The third kappa shape index (κ3) is 2.72. The first-order valence-electron chi connectivity index (χ1n) is 6.07. The summed E-state index contributed by atoms with van der Waals surface area (Å²) >= 11 is 0. The summed E-state index contributed by atoms with van der Waals surface area (Å²) in [6.07, 6.45) is 0.270. The molecular weight excluding hydrogens is 269 g/mol. The molecule has 20 heavy (non-hydrogen) atoms. The van der Waals surface area contributed by atoms with E-state index >= 15 is 0 Å². The molecule has 0 saturated carbocycles. The molecule has 1 amide bonds. The van der Waals surface area contributed by atoms with Crippen molar-refractivity contribution < 1.29 is 28.9 Å². The van der Waals surface area contributed by atoms with E-state index in [0.717, 1.165) is 18.2 Å². The Morgan fingerprint density at radius 1 is 1.30 bits per heavy atom. The number of hydrogen-bond acceptors (Lipinski definition) is 4. The molecule has 7 heteroatoms. The Bertz CT molecular complexity index is 540. The van der Waals surface area contributed by atoms with Gasteiger partial charge in [0, 0.05) is 32.1 Å². The molecule has 0 spiro atoms. The maximum absolute atomic E-state index is 12.9. The number of phenols is 1. The predicted molar refractivity (Wildman–Crippen MR) is 66.0 cm³/mol. The maximum atomic E-state index is 12.9. The predicted octanol–water partition coefficient (Wildman–Crippen LogP) is 0.895. The lowest BCUT2D eigenvalue weighted by molar-refractivity contribution is -0.148. The van der Waals surface area contributed by atoms with E-state index in [0.29, 0.717) is 0 Å². The van der Waals surface area contributed by atoms with Crippen LogP contribution in [0.3, 0.4) is 0 Å². The van der Waals surface area contributed by atoms with Crippen LogP contribution in [0.4, 0.5) is 4.39 Å². The summed E-state index contributed by atoms with van der Waals surface area (Å²) in [5.41, 5.74) is -1.59. The van der Waals surface area contributed by atoms with Crippen LogP contribution in [0.5, 0.6) is 5.75 Å². The Balaban J connectivity index is 2.22. The number of benzene rings is 1. The number of amides is 1. The zero-order valence-corrected chi connectivity index (χ0v) is 10.6. The Kier molecular flexibility index (Phi) is 3.89. The van der Waals surface area contributed by atoms with Crippen LogP contribution in [0.2, 0.25) is 0 Å². The summed E-state index contributed by atoms with van der Waals surface area (Å²) in [5, 5.41) is 21.3. The number of carboxylic acid groups (broad SMARTS) is 1. The third-order valence-corrected chi connectivity index (χ3v) is 3.31. The largest absolute Gasteiger partial charge is 0.507 e. The second-order valence-electron chi connectivity index (χ2n) is 4.62. The number of carbonyl (C=O) groups excluding carboxylic acids is 1. The zero-order valence-electron chi connectivity index (χ0n) is 10.6. The maximum Gasteiger partial charge on any atom is 0.329 e. The van der Waals surface area contributed by atoms with Crippen molar-refractivity contribution in [1.29, 1.82) is 0 Å². The molecule has 0 unspecified atom stereocenters. The fourth-order valence-corrected chi connectivity index (χ4v) is 2.09. The lowest BCUT2D eigenvalue weighted by Gasteiger charge is -2.33. The van der Waals surface area contributed by atoms with Crippen molar-refractivity contribution in [3.63, 3.8) is 0 Å². The van der Waals surface area contributed by atoms with Gasteiger partial charge in [-0.05, 0) is 12.1 Å². The molecule has 1 heterocycles. The van der Waals surface area contributed by atoms with Gasteiger partial charge in [-0.25, -0.2) is 9.18 Å². The van der Waals surface area contributed by atoms with E-state index in [9.17, 15) is 24.2 Å². The van der Waals surface area contributed by atoms with Crippen LogP contribution < -0.4 is 5.32 Å². The van der Waals surface area contributed by atoms with Crippen molar-refractivity contribution in [3.05, 3.63) is 29.6 Å². The minimum absolute atomic E-state index is 0.135. The van der Waals surface area contributed by atoms with E-state index in [-0.39, 0.29) is 31.6 Å². The average Bonchev–Trinajstić information content (AvgIpc) is 2.39. The molecule has 1 fully saturated rings. The number of rotatable bonds is 3. The summed E-state index contributed by atoms with van der Waals surface area (Å²) < 4.78 is 18.0. The SMILES string of the molecule is O=C(NC1(C(=O)O)CCOCC1)c1ccc(F)cc1O. The van der Waals surface area contributed by atoms with Crippen LogP contribution in [-0.2, 0) is 9.53 Å². The zero-order chi connectivity index (χ0) is 14.8. The van der Waals surface area contributed by atoms with Crippen molar-refractivity contribution in [1.82, 2.24) is 5.32 Å². The van der Waals surface area contributed by atoms with E-state index in [1.54, 1.807) is 0 Å². The van der Waals surface area contributed by atoms with Gasteiger partial charge in [0.25, 0.3) is 5.91 Å². The molecule has 1 aliphatic rings. The van der Waals surface area contributed by atoms with Gasteiger partial charge >= 0.3 is 5.97 Å². The number of ether oxygens (including phenoxy) is 1. The van der Waals surface area contributed by atoms with Gasteiger partial charge in [-0.15, -0.1) is 0 Å². The number of carboxylic acids is 1. The summed E-state index contributed by atoms with van der Waals surface area (Å²) in [6.45, 7) is 0.448. The van der Waals surface area contributed by atoms with Crippen LogP contribution in [-0.4, -0.2) is 40.8 Å². The highest BCUT2D eigenvalue weighted by Gasteiger charge is 2.42. The molecule has 1 aromatic rings. The first-order chi connectivity index (χ1) is 9.44. The second-order valence-corrected chi connectivity index (χ2v) is 4.62. The van der Waals surface area contributed by atoms with E-state index in [2.05, 4.69) is 5.32 Å². The van der Waals surface area contributed by atoms with Gasteiger partial charge in [0.15, 0.2) is 0 Å². The lowest BCUT2D eigenvalue weighted by Crippen LogP contribution is -2.57. The van der Waals surface area contributed by atoms with E-state index < -0.39 is 29.0 Å². The van der Waals surface area contributed by atoms with Crippen LogP contribution in [0.15, 0.2) is 18.2 Å². The molecular formula is C13H14FNO5. The van der Waals surface area contributed by atoms with Crippen molar-refractivity contribution in [2.45, 2.75) is 18.4 Å². The molecule has 0 bridgehead atoms. The van der Waals surface area contributed by atoms with Gasteiger partial charge in [0.2, 0.25) is 0 Å². The molecule has 0 aromatic heterocycles. The van der Waals surface area contributed by atoms with Crippen LogP contribution in [0.25, 0.3) is 0 Å². The third-order valence-electron chi connectivity index (χ3n) is 3.31. The topological polar surface area (TPSA) is 95.9 Å². The Morgan fingerprint density at radius 3 is 2.50 bits per heavy atom. The van der Waals surface area contributed by atoms with E-state index in [1.165, 1.54) is 0 Å². The number of aromatic hydroxyl groups is 1. The highest BCUT2D eigenvalue weighted by molar-refractivity contribution is 5.99. The number of hydrogen-bond donors (Lipinski definition) is 3. The first-order valence-corrected chi connectivity index (χ1v) is 6.07. The van der Waals surface area contributed by atoms with Crippen molar-refractivity contribution in [2.24, 2.45) is 0 Å². The number of aliphatic carboxylic acids is 1. The summed E-state index contributed by atoms with van der Waals surface area (Å²) in [7, 11) is 0. The molecule has 6 nitrogen and oxygen atoms in total. The van der Waals surface area contributed by atoms with E-state index in [1.807, 2.05) is 0 Å². The summed E-state index contributed by atoms with van der Waals surface area (Å²) in [4.78, 5) is 23.4. The smallest absolute Gasteiger partial charge is 0.329 e. The van der Waals surface area contributed by atoms with Crippen molar-refractivity contribution in [2.75, 3.05) is 13.2 Å². The molecule has 0 atom stereocenters. The Hall–Kier alpha value is -2.15. The molecule has 1 saturated heterocycles. The monoisotopic (exact) mass is 283 g/mol. The lowest BCUT2D eigenvalue weighted by atomic mass is 9.89. The van der Waals surface area contributed by atoms with Gasteiger partial charge in [-0.2, -0.15) is 0 Å². The van der Waals surface area contributed by atoms with Crippen molar-refractivity contribution in [3.8, 4) is 5.75 Å². The molecule has 0 aliphatic carbocycles. The second kappa shape index (κ2) is 5.46. The minimum atomic E-state index is -1.42. The van der Waals surface area contributed by atoms with Gasteiger partial charge < -0.3 is 20.3 Å². The Morgan fingerprint density at radius 2 is 1.95 bits per heavy atom. The molecule has 2 rings (SSSR count). The highest BCUT2D eigenvalue weighted by Crippen LogP contribution is 2.24. The molecule has 1 aromatic carbocycles. The molecule has 1 aliphatic heterocycles. The van der Waals surface area contributed by atoms with Gasteiger partial charge in [0.05, 0.1) is 5.56 Å². The molecule has 108 valence electrons. The fraction of sp³-hybridized carbons (Fsp3) is 0.385. The quantitative estimate of drug-likeness (QED) is 0.765. The molecule has 3 N–H and O–H groups in total. The van der Waals surface area contributed by atoms with Crippen molar-refractivity contribution >= 4 is 11.9 Å². The average molecular weight is 283 g/mol. The number of halogens is 1. The number of nitrogens with one attached hydrogen (secondary N) is 1.